The maximum absolute atomic E-state index is 13.6. The van der Waals surface area contributed by atoms with Crippen LogP contribution in [0.1, 0.15) is 74.2 Å². The molecule has 0 radical (unpaired) electrons. The highest BCUT2D eigenvalue weighted by Crippen LogP contribution is 2.51. The van der Waals surface area contributed by atoms with Crippen molar-refractivity contribution in [3.63, 3.8) is 0 Å². The summed E-state index contributed by atoms with van der Waals surface area (Å²) in [4.78, 5) is 40.4. The molecule has 0 aromatic heterocycles. The van der Waals surface area contributed by atoms with E-state index in [0.29, 0.717) is 34.5 Å². The molecular weight excluding hydrogens is 476 g/mol. The first kappa shape index (κ1) is 27.1. The molecule has 1 aromatic carbocycles. The highest BCUT2D eigenvalue weighted by molar-refractivity contribution is 5.96. The van der Waals surface area contributed by atoms with Crippen LogP contribution >= 0.6 is 0 Å². The van der Waals surface area contributed by atoms with Crippen LogP contribution in [0, 0.1) is 5.92 Å². The monoisotopic (exact) mass is 514 g/mol. The van der Waals surface area contributed by atoms with Gasteiger partial charge in [0.1, 0.15) is 18.5 Å². The molecule has 9 heteroatoms. The zero-order valence-electron chi connectivity index (χ0n) is 21.8. The smallest absolute Gasteiger partial charge is 0.247 e. The van der Waals surface area contributed by atoms with E-state index < -0.39 is 30.1 Å². The summed E-state index contributed by atoms with van der Waals surface area (Å²) < 4.78 is 11.7. The van der Waals surface area contributed by atoms with Gasteiger partial charge in [0.25, 0.3) is 0 Å². The van der Waals surface area contributed by atoms with Gasteiger partial charge >= 0.3 is 0 Å². The van der Waals surface area contributed by atoms with Crippen molar-refractivity contribution in [2.45, 2.75) is 82.6 Å². The molecule has 1 aliphatic heterocycles. The number of hydrogen-bond donors (Lipinski definition) is 3. The van der Waals surface area contributed by atoms with Gasteiger partial charge in [-0.05, 0) is 31.1 Å². The third-order valence-corrected chi connectivity index (χ3v) is 7.70. The van der Waals surface area contributed by atoms with Gasteiger partial charge < -0.3 is 29.9 Å². The molecular formula is C28H38N2O7. The number of rotatable bonds is 8. The fourth-order valence-electron chi connectivity index (χ4n) is 5.93. The number of methoxy groups -OCH3 is 1. The minimum Gasteiger partial charge on any atom is -0.493 e. The highest BCUT2D eigenvalue weighted by Gasteiger charge is 2.52. The van der Waals surface area contributed by atoms with Crippen LogP contribution in [0.2, 0.25) is 0 Å². The minimum atomic E-state index is -1.11. The zero-order valence-corrected chi connectivity index (χ0v) is 21.8. The number of carbonyl (C=O) groups excluding carboxylic acids is 3. The predicted molar refractivity (Wildman–Crippen MR) is 137 cm³/mol. The Morgan fingerprint density at radius 2 is 1.92 bits per heavy atom. The minimum absolute atomic E-state index is 0.0495. The van der Waals surface area contributed by atoms with E-state index in [2.05, 4.69) is 5.32 Å². The molecule has 0 bridgehead atoms. The number of hydrogen-bond acceptors (Lipinski definition) is 7. The van der Waals surface area contributed by atoms with E-state index in [9.17, 15) is 24.6 Å². The molecule has 1 saturated carbocycles. The Morgan fingerprint density at radius 1 is 1.22 bits per heavy atom. The van der Waals surface area contributed by atoms with Crippen molar-refractivity contribution in [2.75, 3.05) is 20.3 Å². The van der Waals surface area contributed by atoms with Crippen LogP contribution in [-0.2, 0) is 9.59 Å². The van der Waals surface area contributed by atoms with Gasteiger partial charge in [-0.2, -0.15) is 0 Å². The molecule has 37 heavy (non-hydrogen) atoms. The maximum atomic E-state index is 13.6. The number of carbonyl (C=O) groups is 3. The Kier molecular flexibility index (Phi) is 8.54. The summed E-state index contributed by atoms with van der Waals surface area (Å²) in [5.41, 5.74) is 1.28. The first-order valence-electron chi connectivity index (χ1n) is 13.3. The van der Waals surface area contributed by atoms with Gasteiger partial charge in [-0.1, -0.05) is 39.5 Å². The fraction of sp³-hybridized carbons (Fsp3) is 0.607. The molecule has 1 heterocycles. The molecule has 4 unspecified atom stereocenters. The van der Waals surface area contributed by atoms with Gasteiger partial charge in [-0.15, -0.1) is 0 Å². The first-order valence-corrected chi connectivity index (χ1v) is 13.3. The number of amides is 2. The van der Waals surface area contributed by atoms with E-state index in [1.165, 1.54) is 7.11 Å². The number of nitrogens with zero attached hydrogens (tertiary/aromatic N) is 1. The van der Waals surface area contributed by atoms with E-state index in [0.717, 1.165) is 38.5 Å². The molecule has 202 valence electrons. The predicted octanol–water partition coefficient (Wildman–Crippen LogP) is 2.34. The molecule has 0 spiro atoms. The summed E-state index contributed by atoms with van der Waals surface area (Å²) >= 11 is 0. The quantitative estimate of drug-likeness (QED) is 0.359. The summed E-state index contributed by atoms with van der Waals surface area (Å²) in [6, 6.07) is 2.40. The van der Waals surface area contributed by atoms with E-state index >= 15 is 0 Å². The molecule has 4 atom stereocenters. The van der Waals surface area contributed by atoms with Crippen molar-refractivity contribution in [1.82, 2.24) is 10.2 Å². The lowest BCUT2D eigenvalue weighted by Gasteiger charge is -2.44. The molecule has 1 aromatic rings. The molecule has 9 nitrogen and oxygen atoms in total. The molecule has 2 aliphatic carbocycles. The third-order valence-electron chi connectivity index (χ3n) is 7.70. The second-order valence-electron chi connectivity index (χ2n) is 10.4. The summed E-state index contributed by atoms with van der Waals surface area (Å²) in [5, 5.41) is 23.8. The SMILES string of the molecule is COc1cc(C=O)cc2c1OC1C2C(C(=O)NCCO)=CC(N(C(=O)C(C)C)C2CCCCCC2)C1O. The standard InChI is InChI=1S/C28H38N2O7/c1-16(2)28(35)30(18-8-6-4-5-7-9-18)21-14-20(27(34)29-10-11-31)23-19-12-17(15-32)13-22(36-3)25(19)37-26(23)24(21)33/h12-16,18,21,23-24,26,31,33H,4-11H2,1-3H3,(H,29,34). The Bertz CT molecular complexity index is 1050. The largest absolute Gasteiger partial charge is 0.493 e. The summed E-state index contributed by atoms with van der Waals surface area (Å²) in [6.07, 6.45) is 6.34. The van der Waals surface area contributed by atoms with Crippen LogP contribution in [0.3, 0.4) is 0 Å². The number of nitrogens with one attached hydrogen (secondary N) is 1. The van der Waals surface area contributed by atoms with Crippen LogP contribution in [0.4, 0.5) is 0 Å². The van der Waals surface area contributed by atoms with Gasteiger partial charge in [0.05, 0.1) is 25.7 Å². The number of ether oxygens (including phenoxy) is 2. The van der Waals surface area contributed by atoms with Crippen molar-refractivity contribution in [3.05, 3.63) is 34.9 Å². The van der Waals surface area contributed by atoms with Crippen molar-refractivity contribution in [2.24, 2.45) is 5.92 Å². The Labute approximate surface area is 217 Å². The summed E-state index contributed by atoms with van der Waals surface area (Å²) in [7, 11) is 1.47. The lowest BCUT2D eigenvalue weighted by atomic mass is 9.76. The average Bonchev–Trinajstić information content (AvgIpc) is 3.08. The molecule has 4 rings (SSSR count). The Hall–Kier alpha value is -2.91. The number of fused-ring (bicyclic) bond motifs is 3. The van der Waals surface area contributed by atoms with Gasteiger partial charge in [-0.3, -0.25) is 14.4 Å². The normalized spacial score (nSPS) is 25.3. The van der Waals surface area contributed by atoms with E-state index in [4.69, 9.17) is 9.47 Å². The fourth-order valence-corrected chi connectivity index (χ4v) is 5.93. The van der Waals surface area contributed by atoms with Crippen molar-refractivity contribution >= 4 is 18.1 Å². The Morgan fingerprint density at radius 3 is 2.51 bits per heavy atom. The third kappa shape index (κ3) is 5.25. The molecule has 2 amide bonds. The molecule has 1 fully saturated rings. The zero-order chi connectivity index (χ0) is 26.7. The number of benzene rings is 1. The van der Waals surface area contributed by atoms with E-state index in [1.807, 2.05) is 13.8 Å². The van der Waals surface area contributed by atoms with Gasteiger partial charge in [0.2, 0.25) is 11.8 Å². The van der Waals surface area contributed by atoms with Crippen LogP contribution < -0.4 is 14.8 Å². The van der Waals surface area contributed by atoms with Crippen LogP contribution in [-0.4, -0.2) is 77.8 Å². The van der Waals surface area contributed by atoms with Gasteiger partial charge in [-0.25, -0.2) is 0 Å². The van der Waals surface area contributed by atoms with E-state index in [-0.39, 0.29) is 31.0 Å². The maximum Gasteiger partial charge on any atom is 0.247 e. The summed E-state index contributed by atoms with van der Waals surface area (Å²) in [6.45, 7) is 3.52. The molecule has 0 saturated heterocycles. The first-order chi connectivity index (χ1) is 17.8. The van der Waals surface area contributed by atoms with Gasteiger partial charge in [0, 0.05) is 35.2 Å². The van der Waals surface area contributed by atoms with Gasteiger partial charge in [0.15, 0.2) is 11.5 Å². The molecule has 3 aliphatic rings. The lowest BCUT2D eigenvalue weighted by Crippen LogP contribution is -2.59. The number of aliphatic hydroxyl groups excluding tert-OH is 2. The highest BCUT2D eigenvalue weighted by atomic mass is 16.5. The average molecular weight is 515 g/mol. The summed E-state index contributed by atoms with van der Waals surface area (Å²) in [5.74, 6) is -0.724. The number of aliphatic hydroxyl groups is 2. The lowest BCUT2D eigenvalue weighted by molar-refractivity contribution is -0.144. The van der Waals surface area contributed by atoms with Crippen LogP contribution in [0.15, 0.2) is 23.8 Å². The Balaban J connectivity index is 1.83. The molecule has 3 N–H and O–H groups in total. The number of aldehydes is 1. The van der Waals surface area contributed by atoms with Crippen LogP contribution in [0.25, 0.3) is 0 Å². The van der Waals surface area contributed by atoms with Crippen molar-refractivity contribution in [1.29, 1.82) is 0 Å². The second-order valence-corrected chi connectivity index (χ2v) is 10.4. The van der Waals surface area contributed by atoms with Crippen molar-refractivity contribution < 1.29 is 34.1 Å². The van der Waals surface area contributed by atoms with Crippen LogP contribution in [0.5, 0.6) is 11.5 Å². The van der Waals surface area contributed by atoms with Crippen molar-refractivity contribution in [3.8, 4) is 11.5 Å². The second kappa shape index (κ2) is 11.6. The topological polar surface area (TPSA) is 125 Å². The van der Waals surface area contributed by atoms with E-state index in [1.54, 1.807) is 23.1 Å².